The number of hydrogen-bond acceptors (Lipinski definition) is 4. The van der Waals surface area contributed by atoms with Crippen molar-refractivity contribution in [3.05, 3.63) is 71.8 Å². The second-order valence-corrected chi connectivity index (χ2v) is 10.1. The van der Waals surface area contributed by atoms with Gasteiger partial charge in [-0.1, -0.05) is 74.5 Å². The maximum Gasteiger partial charge on any atom is 0.408 e. The molecule has 2 aromatic carbocycles. The highest BCUT2D eigenvalue weighted by molar-refractivity contribution is 5.91. The molecule has 0 unspecified atom stereocenters. The summed E-state index contributed by atoms with van der Waals surface area (Å²) in [5.41, 5.74) is 1.36. The molecule has 0 spiro atoms. The Hall–Kier alpha value is -3.35. The van der Waals surface area contributed by atoms with Crippen LogP contribution in [0.3, 0.4) is 0 Å². The molecule has 2 aromatic rings. The molecule has 7 nitrogen and oxygen atoms in total. The molecule has 0 saturated carbocycles. The summed E-state index contributed by atoms with van der Waals surface area (Å²) in [6, 6.07) is 17.8. The number of rotatable bonds is 11. The number of carbonyl (C=O) groups is 3. The van der Waals surface area contributed by atoms with Gasteiger partial charge in [0.15, 0.2) is 0 Å². The van der Waals surface area contributed by atoms with Crippen LogP contribution in [-0.4, -0.2) is 42.1 Å². The highest BCUT2D eigenvalue weighted by Crippen LogP contribution is 2.11. The summed E-state index contributed by atoms with van der Waals surface area (Å²) < 4.78 is 5.33. The van der Waals surface area contributed by atoms with Gasteiger partial charge in [-0.25, -0.2) is 4.79 Å². The molecule has 0 aliphatic carbocycles. The first-order valence-corrected chi connectivity index (χ1v) is 12.2. The number of carbonyl (C=O) groups excluding carboxylic acids is 3. The van der Waals surface area contributed by atoms with E-state index >= 15 is 0 Å². The summed E-state index contributed by atoms with van der Waals surface area (Å²) in [4.78, 5) is 38.7. The SMILES string of the molecule is CC(C)C[C@@H](NC(=O)OC(C)(C)C)C(=O)N[C@@H](Cc1ccccc1)C(=O)NCCc1ccccc1. The van der Waals surface area contributed by atoms with Crippen molar-refractivity contribution >= 4 is 17.9 Å². The summed E-state index contributed by atoms with van der Waals surface area (Å²) in [6.07, 6.45) is 0.781. The van der Waals surface area contributed by atoms with E-state index in [1.807, 2.05) is 74.5 Å². The molecule has 3 N–H and O–H groups in total. The van der Waals surface area contributed by atoms with Gasteiger partial charge in [0.1, 0.15) is 17.7 Å². The number of amides is 3. The van der Waals surface area contributed by atoms with Crippen LogP contribution in [0.25, 0.3) is 0 Å². The van der Waals surface area contributed by atoms with Crippen molar-refractivity contribution in [2.45, 2.75) is 71.6 Å². The number of alkyl carbamates (subject to hydrolysis) is 1. The van der Waals surface area contributed by atoms with Gasteiger partial charge in [-0.15, -0.1) is 0 Å². The van der Waals surface area contributed by atoms with E-state index in [0.717, 1.165) is 11.1 Å². The maximum atomic E-state index is 13.2. The lowest BCUT2D eigenvalue weighted by molar-refractivity contribution is -0.130. The highest BCUT2D eigenvalue weighted by atomic mass is 16.6. The van der Waals surface area contributed by atoms with Gasteiger partial charge in [-0.3, -0.25) is 9.59 Å². The van der Waals surface area contributed by atoms with Crippen molar-refractivity contribution < 1.29 is 19.1 Å². The molecule has 7 heteroatoms. The predicted octanol–water partition coefficient (Wildman–Crippen LogP) is 4.01. The normalized spacial score (nSPS) is 13.0. The van der Waals surface area contributed by atoms with Crippen molar-refractivity contribution in [2.75, 3.05) is 6.54 Å². The molecule has 0 aromatic heterocycles. The third-order valence-corrected chi connectivity index (χ3v) is 5.19. The Morgan fingerprint density at radius 3 is 1.91 bits per heavy atom. The zero-order valence-corrected chi connectivity index (χ0v) is 21.5. The Morgan fingerprint density at radius 2 is 1.37 bits per heavy atom. The quantitative estimate of drug-likeness (QED) is 0.452. The van der Waals surface area contributed by atoms with Crippen LogP contribution in [0.1, 0.15) is 52.2 Å². The van der Waals surface area contributed by atoms with E-state index in [1.54, 1.807) is 20.8 Å². The summed E-state index contributed by atoms with van der Waals surface area (Å²) in [6.45, 7) is 9.68. The van der Waals surface area contributed by atoms with Gasteiger partial charge in [0.2, 0.25) is 11.8 Å². The van der Waals surface area contributed by atoms with E-state index in [9.17, 15) is 14.4 Å². The smallest absolute Gasteiger partial charge is 0.408 e. The third kappa shape index (κ3) is 11.1. The summed E-state index contributed by atoms with van der Waals surface area (Å²) in [5.74, 6) is -0.532. The summed E-state index contributed by atoms with van der Waals surface area (Å²) in [7, 11) is 0. The van der Waals surface area contributed by atoms with Gasteiger partial charge in [0.05, 0.1) is 0 Å². The molecule has 0 heterocycles. The van der Waals surface area contributed by atoms with Gasteiger partial charge in [0, 0.05) is 13.0 Å². The van der Waals surface area contributed by atoms with Gasteiger partial charge in [-0.2, -0.15) is 0 Å². The lowest BCUT2D eigenvalue weighted by Crippen LogP contribution is -2.55. The van der Waals surface area contributed by atoms with E-state index < -0.39 is 29.7 Å². The lowest BCUT2D eigenvalue weighted by atomic mass is 10.0. The maximum absolute atomic E-state index is 13.2. The molecular weight excluding hydrogens is 442 g/mol. The van der Waals surface area contributed by atoms with Crippen LogP contribution in [0.5, 0.6) is 0 Å². The molecule has 2 atom stereocenters. The zero-order chi connectivity index (χ0) is 25.8. The van der Waals surface area contributed by atoms with E-state index in [2.05, 4.69) is 16.0 Å². The molecule has 0 fully saturated rings. The molecule has 35 heavy (non-hydrogen) atoms. The van der Waals surface area contributed by atoms with Crippen molar-refractivity contribution in [3.8, 4) is 0 Å². The molecule has 3 amide bonds. The molecule has 0 saturated heterocycles. The van der Waals surface area contributed by atoms with Crippen LogP contribution in [0.4, 0.5) is 4.79 Å². The number of hydrogen-bond donors (Lipinski definition) is 3. The average Bonchev–Trinajstić information content (AvgIpc) is 2.78. The Morgan fingerprint density at radius 1 is 0.800 bits per heavy atom. The van der Waals surface area contributed by atoms with Crippen molar-refractivity contribution in [1.29, 1.82) is 0 Å². The van der Waals surface area contributed by atoms with Gasteiger partial charge in [-0.05, 0) is 50.7 Å². The number of ether oxygens (including phenoxy) is 1. The van der Waals surface area contributed by atoms with Crippen molar-refractivity contribution in [2.24, 2.45) is 5.92 Å². The van der Waals surface area contributed by atoms with Crippen molar-refractivity contribution in [3.63, 3.8) is 0 Å². The zero-order valence-electron chi connectivity index (χ0n) is 21.5. The topological polar surface area (TPSA) is 96.5 Å². The second-order valence-electron chi connectivity index (χ2n) is 10.1. The molecule has 2 rings (SSSR count). The van der Waals surface area contributed by atoms with E-state index in [1.165, 1.54) is 0 Å². The highest BCUT2D eigenvalue weighted by Gasteiger charge is 2.29. The Kier molecular flexibility index (Phi) is 10.8. The number of nitrogens with one attached hydrogen (secondary N) is 3. The fourth-order valence-electron chi connectivity index (χ4n) is 3.58. The Labute approximate surface area is 209 Å². The van der Waals surface area contributed by atoms with E-state index in [0.29, 0.717) is 25.8 Å². The molecule has 0 bridgehead atoms. The largest absolute Gasteiger partial charge is 0.444 e. The number of benzene rings is 2. The Balaban J connectivity index is 2.09. The van der Waals surface area contributed by atoms with Crippen molar-refractivity contribution in [1.82, 2.24) is 16.0 Å². The summed E-state index contributed by atoms with van der Waals surface area (Å²) >= 11 is 0. The molecule has 190 valence electrons. The van der Waals surface area contributed by atoms with E-state index in [-0.39, 0.29) is 11.8 Å². The van der Waals surface area contributed by atoms with Crippen LogP contribution in [0.2, 0.25) is 0 Å². The first-order valence-electron chi connectivity index (χ1n) is 12.2. The molecule has 0 radical (unpaired) electrons. The van der Waals surface area contributed by atoms with Gasteiger partial charge >= 0.3 is 6.09 Å². The minimum Gasteiger partial charge on any atom is -0.444 e. The molecular formula is C28H39N3O4. The van der Waals surface area contributed by atoms with Gasteiger partial charge < -0.3 is 20.7 Å². The average molecular weight is 482 g/mol. The lowest BCUT2D eigenvalue weighted by Gasteiger charge is -2.26. The fourth-order valence-corrected chi connectivity index (χ4v) is 3.58. The van der Waals surface area contributed by atoms with Crippen LogP contribution in [0.15, 0.2) is 60.7 Å². The second kappa shape index (κ2) is 13.5. The molecule has 0 aliphatic rings. The predicted molar refractivity (Wildman–Crippen MR) is 138 cm³/mol. The minimum atomic E-state index is -0.819. The van der Waals surface area contributed by atoms with Crippen LogP contribution in [0, 0.1) is 5.92 Å². The Bertz CT molecular complexity index is 940. The van der Waals surface area contributed by atoms with Gasteiger partial charge in [0.25, 0.3) is 0 Å². The van der Waals surface area contributed by atoms with Crippen LogP contribution < -0.4 is 16.0 Å². The first-order chi connectivity index (χ1) is 16.5. The monoisotopic (exact) mass is 481 g/mol. The minimum absolute atomic E-state index is 0.146. The van der Waals surface area contributed by atoms with Crippen LogP contribution in [-0.2, 0) is 27.2 Å². The molecule has 0 aliphatic heterocycles. The fraction of sp³-hybridized carbons (Fsp3) is 0.464. The first kappa shape index (κ1) is 27.9. The van der Waals surface area contributed by atoms with Crippen LogP contribution >= 0.6 is 0 Å². The standard InChI is InChI=1S/C28H39N3O4/c1-20(2)18-23(31-27(34)35-28(3,4)5)26(33)30-24(19-22-14-10-7-11-15-22)25(32)29-17-16-21-12-8-6-9-13-21/h6-15,20,23-24H,16-19H2,1-5H3,(H,29,32)(H,30,33)(H,31,34)/t23-,24+/m1/s1. The van der Waals surface area contributed by atoms with E-state index in [4.69, 9.17) is 4.74 Å². The summed E-state index contributed by atoms with van der Waals surface area (Å²) in [5, 5.41) is 8.48. The third-order valence-electron chi connectivity index (χ3n) is 5.19.